The van der Waals surface area contributed by atoms with Crippen molar-refractivity contribution >= 4 is 11.0 Å². The van der Waals surface area contributed by atoms with E-state index >= 15 is 0 Å². The van der Waals surface area contributed by atoms with Crippen LogP contribution < -0.4 is 9.47 Å². The topological polar surface area (TPSA) is 47.1 Å². The van der Waals surface area contributed by atoms with E-state index in [-0.39, 0.29) is 5.75 Å². The number of methoxy groups -OCH3 is 1. The summed E-state index contributed by atoms with van der Waals surface area (Å²) in [5, 5.41) is 0. The number of fused-ring (bicyclic) bond motifs is 1. The highest BCUT2D eigenvalue weighted by atomic mass is 19.4. The van der Waals surface area contributed by atoms with E-state index in [4.69, 9.17) is 4.74 Å². The van der Waals surface area contributed by atoms with Gasteiger partial charge in [0, 0.05) is 11.6 Å². The van der Waals surface area contributed by atoms with Gasteiger partial charge in [0.25, 0.3) is 0 Å². The van der Waals surface area contributed by atoms with Crippen LogP contribution in [0.3, 0.4) is 0 Å². The minimum absolute atomic E-state index is 0.302. The summed E-state index contributed by atoms with van der Waals surface area (Å²) in [5.74, 6) is 0.904. The van der Waals surface area contributed by atoms with E-state index in [1.807, 2.05) is 6.07 Å². The number of H-pyrrole nitrogens is 1. The smallest absolute Gasteiger partial charge is 0.497 e. The van der Waals surface area contributed by atoms with E-state index in [0.29, 0.717) is 22.6 Å². The zero-order valence-electron chi connectivity index (χ0n) is 11.4. The lowest BCUT2D eigenvalue weighted by molar-refractivity contribution is -0.274. The van der Waals surface area contributed by atoms with Gasteiger partial charge >= 0.3 is 6.36 Å². The third-order valence-corrected chi connectivity index (χ3v) is 3.03. The summed E-state index contributed by atoms with van der Waals surface area (Å²) < 4.78 is 45.7. The largest absolute Gasteiger partial charge is 0.573 e. The van der Waals surface area contributed by atoms with Crippen LogP contribution in [0.2, 0.25) is 0 Å². The number of nitrogens with zero attached hydrogens (tertiary/aromatic N) is 1. The minimum atomic E-state index is -4.72. The maximum absolute atomic E-state index is 12.2. The number of benzene rings is 2. The second-order valence-electron chi connectivity index (χ2n) is 4.54. The molecule has 2 aromatic carbocycles. The number of alkyl halides is 3. The predicted octanol–water partition coefficient (Wildman–Crippen LogP) is 4.14. The van der Waals surface area contributed by atoms with Gasteiger partial charge < -0.3 is 14.5 Å². The Hall–Kier alpha value is -2.70. The lowest BCUT2D eigenvalue weighted by atomic mass is 10.2. The predicted molar refractivity (Wildman–Crippen MR) is 74.8 cm³/mol. The molecule has 0 aliphatic heterocycles. The summed E-state index contributed by atoms with van der Waals surface area (Å²) in [6.07, 6.45) is -4.72. The zero-order valence-corrected chi connectivity index (χ0v) is 11.4. The van der Waals surface area contributed by atoms with Gasteiger partial charge in [-0.1, -0.05) is 12.1 Å². The first-order valence-electron chi connectivity index (χ1n) is 6.34. The number of hydrogen-bond acceptors (Lipinski definition) is 3. The Balaban J connectivity index is 1.98. The van der Waals surface area contributed by atoms with E-state index in [9.17, 15) is 13.2 Å². The first-order valence-corrected chi connectivity index (χ1v) is 6.34. The van der Waals surface area contributed by atoms with Crippen LogP contribution in [-0.2, 0) is 0 Å². The second kappa shape index (κ2) is 5.25. The van der Waals surface area contributed by atoms with Crippen molar-refractivity contribution in [1.82, 2.24) is 9.97 Å². The van der Waals surface area contributed by atoms with E-state index in [1.54, 1.807) is 25.3 Å². The van der Waals surface area contributed by atoms with Crippen LogP contribution in [-0.4, -0.2) is 23.4 Å². The first-order chi connectivity index (χ1) is 10.4. The van der Waals surface area contributed by atoms with Crippen LogP contribution in [0.4, 0.5) is 13.2 Å². The molecule has 1 N–H and O–H groups in total. The number of nitrogens with one attached hydrogen (secondary N) is 1. The minimum Gasteiger partial charge on any atom is -0.497 e. The number of hydrogen-bond donors (Lipinski definition) is 1. The zero-order chi connectivity index (χ0) is 15.7. The molecule has 4 nitrogen and oxygen atoms in total. The van der Waals surface area contributed by atoms with Crippen molar-refractivity contribution in [3.05, 3.63) is 42.5 Å². The summed E-state index contributed by atoms with van der Waals surface area (Å²) in [5.41, 5.74) is 1.78. The molecule has 0 aliphatic carbocycles. The van der Waals surface area contributed by atoms with Gasteiger partial charge in [0.2, 0.25) is 0 Å². The molecule has 1 aromatic heterocycles. The summed E-state index contributed by atoms with van der Waals surface area (Å²) in [6.45, 7) is 0. The van der Waals surface area contributed by atoms with Gasteiger partial charge in [-0.15, -0.1) is 13.2 Å². The number of aromatic nitrogens is 2. The molecule has 1 heterocycles. The number of halogens is 3. The van der Waals surface area contributed by atoms with Crippen LogP contribution >= 0.6 is 0 Å². The van der Waals surface area contributed by atoms with Crippen molar-refractivity contribution in [2.45, 2.75) is 6.36 Å². The standard InChI is InChI=1S/C15H11F3N2O2/c1-21-10-4-2-3-9(7-10)14-19-12-6-5-11(8-13(12)20-14)22-15(16,17)18/h2-8H,1H3,(H,19,20). The number of imidazole rings is 1. The molecule has 0 radical (unpaired) electrons. The van der Waals surface area contributed by atoms with E-state index in [0.717, 1.165) is 5.56 Å². The molecule has 0 aliphatic rings. The Morgan fingerprint density at radius 3 is 2.59 bits per heavy atom. The lowest BCUT2D eigenvalue weighted by Gasteiger charge is -2.07. The molecule has 0 unspecified atom stereocenters. The highest BCUT2D eigenvalue weighted by molar-refractivity contribution is 5.80. The van der Waals surface area contributed by atoms with E-state index in [2.05, 4.69) is 14.7 Å². The molecule has 0 saturated carbocycles. The Morgan fingerprint density at radius 2 is 1.86 bits per heavy atom. The summed E-state index contributed by atoms with van der Waals surface area (Å²) in [7, 11) is 1.55. The van der Waals surface area contributed by atoms with Crippen LogP contribution in [0.15, 0.2) is 42.5 Å². The van der Waals surface area contributed by atoms with Gasteiger partial charge in [-0.3, -0.25) is 0 Å². The molecule has 3 rings (SSSR count). The highest BCUT2D eigenvalue weighted by Crippen LogP contribution is 2.28. The van der Waals surface area contributed by atoms with Crippen molar-refractivity contribution in [2.24, 2.45) is 0 Å². The average Bonchev–Trinajstić information content (AvgIpc) is 2.89. The molecule has 0 saturated heterocycles. The molecule has 0 fully saturated rings. The normalized spacial score (nSPS) is 11.6. The van der Waals surface area contributed by atoms with E-state index < -0.39 is 6.36 Å². The van der Waals surface area contributed by atoms with Crippen LogP contribution in [0.5, 0.6) is 11.5 Å². The van der Waals surface area contributed by atoms with E-state index in [1.165, 1.54) is 18.2 Å². The quantitative estimate of drug-likeness (QED) is 0.791. The van der Waals surface area contributed by atoms with Crippen molar-refractivity contribution in [3.63, 3.8) is 0 Å². The Kier molecular flexibility index (Phi) is 3.40. The van der Waals surface area contributed by atoms with Gasteiger partial charge in [-0.25, -0.2) is 4.98 Å². The lowest BCUT2D eigenvalue weighted by Crippen LogP contribution is -2.16. The van der Waals surface area contributed by atoms with Crippen LogP contribution in [0.25, 0.3) is 22.4 Å². The van der Waals surface area contributed by atoms with Gasteiger partial charge in [0.1, 0.15) is 17.3 Å². The van der Waals surface area contributed by atoms with Crippen molar-refractivity contribution < 1.29 is 22.6 Å². The molecular formula is C15H11F3N2O2. The molecule has 0 spiro atoms. The fraction of sp³-hybridized carbons (Fsp3) is 0.133. The maximum atomic E-state index is 12.2. The average molecular weight is 308 g/mol. The second-order valence-corrected chi connectivity index (χ2v) is 4.54. The van der Waals surface area contributed by atoms with Crippen molar-refractivity contribution in [3.8, 4) is 22.9 Å². The Labute approximate surface area is 123 Å². The fourth-order valence-electron chi connectivity index (χ4n) is 2.09. The van der Waals surface area contributed by atoms with Crippen LogP contribution in [0, 0.1) is 0 Å². The molecule has 3 aromatic rings. The number of aromatic amines is 1. The Morgan fingerprint density at radius 1 is 1.05 bits per heavy atom. The monoisotopic (exact) mass is 308 g/mol. The molecule has 7 heteroatoms. The van der Waals surface area contributed by atoms with Crippen molar-refractivity contribution in [1.29, 1.82) is 0 Å². The van der Waals surface area contributed by atoms with Crippen LogP contribution in [0.1, 0.15) is 0 Å². The first kappa shape index (κ1) is 14.2. The third kappa shape index (κ3) is 2.98. The Bertz CT molecular complexity index is 812. The van der Waals surface area contributed by atoms with Gasteiger partial charge in [0.15, 0.2) is 0 Å². The van der Waals surface area contributed by atoms with Crippen molar-refractivity contribution in [2.75, 3.05) is 7.11 Å². The third-order valence-electron chi connectivity index (χ3n) is 3.03. The van der Waals surface area contributed by atoms with Gasteiger partial charge in [-0.2, -0.15) is 0 Å². The highest BCUT2D eigenvalue weighted by Gasteiger charge is 2.31. The molecule has 0 atom stereocenters. The fourth-order valence-corrected chi connectivity index (χ4v) is 2.09. The number of rotatable bonds is 3. The SMILES string of the molecule is COc1cccc(-c2nc3cc(OC(F)(F)F)ccc3[nH]2)c1. The molecule has 114 valence electrons. The molecule has 22 heavy (non-hydrogen) atoms. The van der Waals surface area contributed by atoms with Gasteiger partial charge in [0.05, 0.1) is 18.1 Å². The molecular weight excluding hydrogens is 297 g/mol. The molecule has 0 amide bonds. The molecule has 0 bridgehead atoms. The maximum Gasteiger partial charge on any atom is 0.573 e. The summed E-state index contributed by atoms with van der Waals surface area (Å²) in [6, 6.07) is 11.2. The number of ether oxygens (including phenoxy) is 2. The summed E-state index contributed by atoms with van der Waals surface area (Å²) >= 11 is 0. The van der Waals surface area contributed by atoms with Gasteiger partial charge in [-0.05, 0) is 24.3 Å². The summed E-state index contributed by atoms with van der Waals surface area (Å²) in [4.78, 5) is 7.34.